The maximum absolute atomic E-state index is 12.4. The van der Waals surface area contributed by atoms with Crippen molar-refractivity contribution in [1.82, 2.24) is 10.2 Å². The molecule has 2 rings (SSSR count). The average molecular weight is 226 g/mol. The van der Waals surface area contributed by atoms with Gasteiger partial charge in [0.1, 0.15) is 0 Å². The second-order valence-electron chi connectivity index (χ2n) is 4.86. The number of hydrogen-bond donors (Lipinski definition) is 1. The Kier molecular flexibility index (Phi) is 3.82. The first-order chi connectivity index (χ1) is 7.74. The van der Waals surface area contributed by atoms with Crippen LogP contribution in [-0.4, -0.2) is 49.7 Å². The van der Waals surface area contributed by atoms with E-state index in [0.717, 1.165) is 39.0 Å². The zero-order chi connectivity index (χ0) is 11.5. The summed E-state index contributed by atoms with van der Waals surface area (Å²) in [5, 5.41) is 3.17. The third-order valence-corrected chi connectivity index (χ3v) is 3.79. The van der Waals surface area contributed by atoms with E-state index >= 15 is 0 Å². The Balaban J connectivity index is 1.97. The largest absolute Gasteiger partial charge is 0.378 e. The lowest BCUT2D eigenvalue weighted by Crippen LogP contribution is -2.45. The van der Waals surface area contributed by atoms with E-state index in [4.69, 9.17) is 4.74 Å². The summed E-state index contributed by atoms with van der Waals surface area (Å²) < 4.78 is 5.48. The van der Waals surface area contributed by atoms with Crippen LogP contribution in [0.15, 0.2) is 0 Å². The molecule has 1 N–H and O–H groups in total. The van der Waals surface area contributed by atoms with Gasteiger partial charge in [-0.3, -0.25) is 4.79 Å². The van der Waals surface area contributed by atoms with Crippen LogP contribution in [0.1, 0.15) is 26.2 Å². The predicted octanol–water partition coefficient (Wildman–Crippen LogP) is 0.622. The van der Waals surface area contributed by atoms with Gasteiger partial charge < -0.3 is 15.0 Å². The Morgan fingerprint density at radius 3 is 2.94 bits per heavy atom. The highest BCUT2D eigenvalue weighted by atomic mass is 16.5. The summed E-state index contributed by atoms with van der Waals surface area (Å²) >= 11 is 0. The van der Waals surface area contributed by atoms with Crippen molar-refractivity contribution in [2.45, 2.75) is 38.3 Å². The van der Waals surface area contributed by atoms with Crippen LogP contribution in [0.5, 0.6) is 0 Å². The molecule has 0 aromatic heterocycles. The summed E-state index contributed by atoms with van der Waals surface area (Å²) in [6.07, 6.45) is 3.26. The summed E-state index contributed by atoms with van der Waals surface area (Å²) in [6, 6.07) is 0.394. The summed E-state index contributed by atoms with van der Waals surface area (Å²) in [7, 11) is 1.95. The summed E-state index contributed by atoms with van der Waals surface area (Å²) in [4.78, 5) is 14.4. The average Bonchev–Trinajstić information content (AvgIpc) is 2.87. The van der Waals surface area contributed by atoms with E-state index in [1.165, 1.54) is 0 Å². The first-order valence-corrected chi connectivity index (χ1v) is 6.30. The molecule has 0 aromatic carbocycles. The van der Waals surface area contributed by atoms with Gasteiger partial charge in [-0.2, -0.15) is 0 Å². The molecule has 0 aliphatic carbocycles. The summed E-state index contributed by atoms with van der Waals surface area (Å²) in [5.41, 5.74) is 0. The van der Waals surface area contributed by atoms with Crippen LogP contribution in [0, 0.1) is 5.92 Å². The Bertz CT molecular complexity index is 257. The van der Waals surface area contributed by atoms with E-state index in [1.807, 2.05) is 14.0 Å². The van der Waals surface area contributed by atoms with Gasteiger partial charge in [-0.1, -0.05) is 0 Å². The second-order valence-corrected chi connectivity index (χ2v) is 4.86. The molecular formula is C12H22N2O2. The molecule has 2 heterocycles. The van der Waals surface area contributed by atoms with Crippen molar-refractivity contribution in [1.29, 1.82) is 0 Å². The number of hydrogen-bond acceptors (Lipinski definition) is 3. The van der Waals surface area contributed by atoms with Gasteiger partial charge >= 0.3 is 0 Å². The number of likely N-dealkylation sites (tertiary alicyclic amines) is 1. The number of amides is 1. The highest BCUT2D eigenvalue weighted by Crippen LogP contribution is 2.26. The van der Waals surface area contributed by atoms with E-state index < -0.39 is 0 Å². The highest BCUT2D eigenvalue weighted by Gasteiger charge is 2.37. The van der Waals surface area contributed by atoms with E-state index in [2.05, 4.69) is 10.2 Å². The Hall–Kier alpha value is -0.610. The SMILES string of the molecule is CNCC1CCCN1C(=O)C1CCOC1C. The predicted molar refractivity (Wildman–Crippen MR) is 62.2 cm³/mol. The molecule has 1 amide bonds. The molecule has 0 spiro atoms. The Labute approximate surface area is 97.3 Å². The maximum atomic E-state index is 12.4. The van der Waals surface area contributed by atoms with Crippen molar-refractivity contribution in [3.63, 3.8) is 0 Å². The molecule has 2 aliphatic rings. The highest BCUT2D eigenvalue weighted by molar-refractivity contribution is 5.80. The van der Waals surface area contributed by atoms with Crippen molar-refractivity contribution < 1.29 is 9.53 Å². The minimum atomic E-state index is 0.0949. The van der Waals surface area contributed by atoms with E-state index in [1.54, 1.807) is 0 Å². The molecule has 0 bridgehead atoms. The van der Waals surface area contributed by atoms with Crippen LogP contribution >= 0.6 is 0 Å². The number of carbonyl (C=O) groups is 1. The molecule has 4 heteroatoms. The van der Waals surface area contributed by atoms with Crippen LogP contribution in [0.2, 0.25) is 0 Å². The molecule has 4 nitrogen and oxygen atoms in total. The molecule has 0 aromatic rings. The standard InChI is InChI=1S/C12H22N2O2/c1-9-11(5-7-16-9)12(15)14-6-3-4-10(14)8-13-2/h9-11,13H,3-8H2,1-2H3. The fraction of sp³-hybridized carbons (Fsp3) is 0.917. The number of ether oxygens (including phenoxy) is 1. The van der Waals surface area contributed by atoms with E-state index in [0.29, 0.717) is 11.9 Å². The first kappa shape index (κ1) is 11.9. The Morgan fingerprint density at radius 1 is 1.50 bits per heavy atom. The number of nitrogens with one attached hydrogen (secondary N) is 1. The van der Waals surface area contributed by atoms with Gasteiger partial charge in [0.15, 0.2) is 0 Å². The molecule has 2 saturated heterocycles. The van der Waals surface area contributed by atoms with Crippen LogP contribution in [-0.2, 0) is 9.53 Å². The molecule has 0 saturated carbocycles. The van der Waals surface area contributed by atoms with Gasteiger partial charge in [0, 0.05) is 25.7 Å². The van der Waals surface area contributed by atoms with Crippen molar-refractivity contribution in [2.75, 3.05) is 26.7 Å². The van der Waals surface area contributed by atoms with Crippen LogP contribution in [0.3, 0.4) is 0 Å². The molecule has 16 heavy (non-hydrogen) atoms. The normalized spacial score (nSPS) is 34.6. The lowest BCUT2D eigenvalue weighted by Gasteiger charge is -2.28. The van der Waals surface area contributed by atoms with E-state index in [-0.39, 0.29) is 12.0 Å². The molecule has 92 valence electrons. The smallest absolute Gasteiger partial charge is 0.228 e. The summed E-state index contributed by atoms with van der Waals surface area (Å²) in [5.74, 6) is 0.403. The van der Waals surface area contributed by atoms with E-state index in [9.17, 15) is 4.79 Å². The fourth-order valence-electron chi connectivity index (χ4n) is 2.84. The van der Waals surface area contributed by atoms with Crippen molar-refractivity contribution in [3.05, 3.63) is 0 Å². The third kappa shape index (κ3) is 2.23. The quantitative estimate of drug-likeness (QED) is 0.767. The molecule has 3 atom stereocenters. The van der Waals surface area contributed by atoms with Gasteiger partial charge in [0.2, 0.25) is 5.91 Å². The van der Waals surface area contributed by atoms with Gasteiger partial charge in [0.25, 0.3) is 0 Å². The van der Waals surface area contributed by atoms with Gasteiger partial charge in [-0.05, 0) is 33.2 Å². The fourth-order valence-corrected chi connectivity index (χ4v) is 2.84. The lowest BCUT2D eigenvalue weighted by atomic mass is 10.0. The maximum Gasteiger partial charge on any atom is 0.228 e. The molecule has 2 aliphatic heterocycles. The molecular weight excluding hydrogens is 204 g/mol. The van der Waals surface area contributed by atoms with Crippen molar-refractivity contribution in [3.8, 4) is 0 Å². The van der Waals surface area contributed by atoms with Gasteiger partial charge in [-0.15, -0.1) is 0 Å². The topological polar surface area (TPSA) is 41.6 Å². The van der Waals surface area contributed by atoms with Crippen LogP contribution in [0.4, 0.5) is 0 Å². The van der Waals surface area contributed by atoms with Crippen LogP contribution in [0.25, 0.3) is 0 Å². The monoisotopic (exact) mass is 226 g/mol. The van der Waals surface area contributed by atoms with Gasteiger partial charge in [-0.25, -0.2) is 0 Å². The minimum Gasteiger partial charge on any atom is -0.378 e. The minimum absolute atomic E-state index is 0.0949. The second kappa shape index (κ2) is 5.15. The lowest BCUT2D eigenvalue weighted by molar-refractivity contribution is -0.137. The molecule has 2 fully saturated rings. The Morgan fingerprint density at radius 2 is 2.31 bits per heavy atom. The summed E-state index contributed by atoms with van der Waals surface area (Å²) in [6.45, 7) is 4.59. The number of likely N-dealkylation sites (N-methyl/N-ethyl adjacent to an activating group) is 1. The first-order valence-electron chi connectivity index (χ1n) is 6.30. The van der Waals surface area contributed by atoms with Crippen molar-refractivity contribution >= 4 is 5.91 Å². The number of rotatable bonds is 3. The van der Waals surface area contributed by atoms with Gasteiger partial charge in [0.05, 0.1) is 12.0 Å². The zero-order valence-corrected chi connectivity index (χ0v) is 10.2. The van der Waals surface area contributed by atoms with Crippen LogP contribution < -0.4 is 5.32 Å². The number of nitrogens with zero attached hydrogens (tertiary/aromatic N) is 1. The molecule has 0 radical (unpaired) electrons. The number of carbonyl (C=O) groups excluding carboxylic acids is 1. The zero-order valence-electron chi connectivity index (χ0n) is 10.2. The molecule has 3 unspecified atom stereocenters. The third-order valence-electron chi connectivity index (χ3n) is 3.79. The van der Waals surface area contributed by atoms with Crippen molar-refractivity contribution in [2.24, 2.45) is 5.92 Å².